The van der Waals surface area contributed by atoms with Crippen LogP contribution in [0.25, 0.3) is 0 Å². The summed E-state index contributed by atoms with van der Waals surface area (Å²) in [6, 6.07) is 6.38. The smallest absolute Gasteiger partial charge is 0.269 e. The van der Waals surface area contributed by atoms with E-state index in [1.807, 2.05) is 0 Å². The second-order valence-corrected chi connectivity index (χ2v) is 5.72. The molecule has 2 rings (SSSR count). The molecule has 2 aromatic carbocycles. The number of non-ortho nitro benzene ring substituents is 1. The number of hydrogen-bond donors (Lipinski definition) is 1. The van der Waals surface area contributed by atoms with Crippen molar-refractivity contribution in [2.24, 2.45) is 0 Å². The summed E-state index contributed by atoms with van der Waals surface area (Å²) in [4.78, 5) is 22.5. The number of nitrogens with zero attached hydrogens (tertiary/aromatic N) is 1. The number of carbonyl (C=O) groups excluding carboxylic acids is 1. The van der Waals surface area contributed by atoms with Crippen LogP contribution in [0, 0.1) is 10.1 Å². The molecule has 0 aliphatic heterocycles. The maximum Gasteiger partial charge on any atom is 0.269 e. The number of nitro benzene ring substituents is 1. The lowest BCUT2D eigenvalue weighted by atomic mass is 10.1. The van der Waals surface area contributed by atoms with Crippen molar-refractivity contribution in [1.82, 2.24) is 5.32 Å². The van der Waals surface area contributed by atoms with Crippen LogP contribution >= 0.6 is 15.9 Å². The van der Waals surface area contributed by atoms with E-state index in [2.05, 4.69) is 21.2 Å². The highest BCUT2D eigenvalue weighted by molar-refractivity contribution is 9.10. The Labute approximate surface area is 151 Å². The van der Waals surface area contributed by atoms with Gasteiger partial charge in [-0.3, -0.25) is 14.9 Å². The molecule has 0 aliphatic rings. The molecule has 8 nitrogen and oxygen atoms in total. The highest BCUT2D eigenvalue weighted by Crippen LogP contribution is 2.35. The molecule has 0 unspecified atom stereocenters. The predicted molar refractivity (Wildman–Crippen MR) is 91.0 cm³/mol. The summed E-state index contributed by atoms with van der Waals surface area (Å²) in [6.45, 7) is -0.139. The number of nitrogens with one attached hydrogen (secondary N) is 1. The third kappa shape index (κ3) is 4.18. The molecule has 0 saturated heterocycles. The Morgan fingerprint density at radius 1 is 1.20 bits per heavy atom. The first-order chi connectivity index (χ1) is 11.9. The molecule has 25 heavy (non-hydrogen) atoms. The minimum atomic E-state index is -0.602. The average Bonchev–Trinajstić information content (AvgIpc) is 2.60. The van der Waals surface area contributed by atoms with E-state index in [1.54, 1.807) is 0 Å². The Morgan fingerprint density at radius 2 is 1.80 bits per heavy atom. The van der Waals surface area contributed by atoms with Gasteiger partial charge in [0.2, 0.25) is 0 Å². The third-order valence-corrected chi connectivity index (χ3v) is 4.18. The van der Waals surface area contributed by atoms with Gasteiger partial charge in [0.05, 0.1) is 19.1 Å². The zero-order chi connectivity index (χ0) is 18.6. The average molecular weight is 410 g/mol. The summed E-state index contributed by atoms with van der Waals surface area (Å²) in [5, 5.41) is 25.1. The van der Waals surface area contributed by atoms with Crippen molar-refractivity contribution >= 4 is 27.5 Å². The minimum Gasteiger partial charge on any atom is -0.872 e. The number of ether oxygens (including phenoxy) is 2. The molecule has 0 bridgehead atoms. The van der Waals surface area contributed by atoms with Crippen molar-refractivity contribution in [3.05, 3.63) is 56.0 Å². The Balaban J connectivity index is 2.21. The fourth-order valence-electron chi connectivity index (χ4n) is 2.10. The van der Waals surface area contributed by atoms with Gasteiger partial charge in [-0.25, -0.2) is 0 Å². The number of nitro groups is 1. The van der Waals surface area contributed by atoms with Crippen molar-refractivity contribution in [3.8, 4) is 17.2 Å². The predicted octanol–water partition coefficient (Wildman–Crippen LogP) is 2.38. The summed E-state index contributed by atoms with van der Waals surface area (Å²) in [6.07, 6.45) is 0. The quantitative estimate of drug-likeness (QED) is 0.578. The van der Waals surface area contributed by atoms with Gasteiger partial charge in [-0.05, 0) is 33.6 Å². The summed E-state index contributed by atoms with van der Waals surface area (Å²) in [5.74, 6) is -0.0550. The molecule has 0 heterocycles. The van der Waals surface area contributed by atoms with Crippen molar-refractivity contribution in [2.75, 3.05) is 14.2 Å². The molecule has 0 aliphatic carbocycles. The molecule has 0 saturated carbocycles. The first kappa shape index (κ1) is 18.5. The number of benzene rings is 2. The molecule has 1 amide bonds. The molecular formula is C16H14BrN2O6-. The lowest BCUT2D eigenvalue weighted by molar-refractivity contribution is -0.385. The van der Waals surface area contributed by atoms with Crippen LogP contribution in [-0.4, -0.2) is 25.1 Å². The molecule has 1 N–H and O–H groups in total. The van der Waals surface area contributed by atoms with Gasteiger partial charge in [0.25, 0.3) is 11.6 Å². The van der Waals surface area contributed by atoms with Crippen LogP contribution in [0.1, 0.15) is 15.9 Å². The van der Waals surface area contributed by atoms with Crippen LogP contribution in [-0.2, 0) is 6.54 Å². The number of halogens is 1. The zero-order valence-electron chi connectivity index (χ0n) is 13.4. The van der Waals surface area contributed by atoms with E-state index in [-0.39, 0.29) is 23.4 Å². The summed E-state index contributed by atoms with van der Waals surface area (Å²) in [7, 11) is 2.90. The van der Waals surface area contributed by atoms with E-state index in [4.69, 9.17) is 9.47 Å². The second-order valence-electron chi connectivity index (χ2n) is 4.93. The first-order valence-corrected chi connectivity index (χ1v) is 7.80. The Bertz CT molecular complexity index is 799. The van der Waals surface area contributed by atoms with E-state index in [0.29, 0.717) is 16.0 Å². The van der Waals surface area contributed by atoms with Gasteiger partial charge in [0, 0.05) is 24.2 Å². The number of methoxy groups -OCH3 is 2. The van der Waals surface area contributed by atoms with E-state index in [9.17, 15) is 20.0 Å². The zero-order valence-corrected chi connectivity index (χ0v) is 15.0. The maximum absolute atomic E-state index is 12.3. The van der Waals surface area contributed by atoms with E-state index in [0.717, 1.165) is 18.2 Å². The lowest BCUT2D eigenvalue weighted by Gasteiger charge is -2.15. The van der Waals surface area contributed by atoms with Crippen molar-refractivity contribution in [1.29, 1.82) is 0 Å². The number of hydrogen-bond acceptors (Lipinski definition) is 6. The molecular weight excluding hydrogens is 396 g/mol. The monoisotopic (exact) mass is 409 g/mol. The number of rotatable bonds is 6. The van der Waals surface area contributed by atoms with Crippen LogP contribution < -0.4 is 19.9 Å². The van der Waals surface area contributed by atoms with Gasteiger partial charge in [0.15, 0.2) is 0 Å². The van der Waals surface area contributed by atoms with Crippen LogP contribution in [0.15, 0.2) is 34.8 Å². The number of carbonyl (C=O) groups is 1. The number of amides is 1. The minimum absolute atomic E-state index is 0.124. The normalized spacial score (nSPS) is 10.2. The molecule has 2 aromatic rings. The Kier molecular flexibility index (Phi) is 5.81. The highest BCUT2D eigenvalue weighted by atomic mass is 79.9. The molecule has 0 spiro atoms. The summed E-state index contributed by atoms with van der Waals surface area (Å²) < 4.78 is 10.9. The van der Waals surface area contributed by atoms with Gasteiger partial charge in [-0.2, -0.15) is 0 Å². The third-order valence-electron chi connectivity index (χ3n) is 3.40. The fourth-order valence-corrected chi connectivity index (χ4v) is 2.65. The Morgan fingerprint density at radius 3 is 2.32 bits per heavy atom. The van der Waals surface area contributed by atoms with E-state index < -0.39 is 16.6 Å². The topological polar surface area (TPSA) is 114 Å². The molecule has 132 valence electrons. The van der Waals surface area contributed by atoms with Gasteiger partial charge in [-0.15, -0.1) is 5.75 Å². The summed E-state index contributed by atoms with van der Waals surface area (Å²) >= 11 is 3.30. The second kappa shape index (κ2) is 7.84. The lowest BCUT2D eigenvalue weighted by Crippen LogP contribution is -2.23. The van der Waals surface area contributed by atoms with E-state index in [1.165, 1.54) is 26.4 Å². The standard InChI is InChI=1S/C16H15BrN2O6/c1-24-13-6-9(7-14(25-2)15(13)17)16(21)18-8-10-5-11(19(22)23)3-4-12(10)20/h3-7,20H,8H2,1-2H3,(H,18,21)/p-1. The maximum atomic E-state index is 12.3. The highest BCUT2D eigenvalue weighted by Gasteiger charge is 2.15. The van der Waals surface area contributed by atoms with Crippen LogP contribution in [0.3, 0.4) is 0 Å². The fraction of sp³-hybridized carbons (Fsp3) is 0.188. The first-order valence-electron chi connectivity index (χ1n) is 7.01. The largest absolute Gasteiger partial charge is 0.872 e. The Hall–Kier alpha value is -2.81. The SMILES string of the molecule is COc1cc(C(=O)NCc2cc([N+](=O)[O-])ccc2[O-])cc(OC)c1Br. The summed E-state index contributed by atoms with van der Waals surface area (Å²) in [5.41, 5.74) is 0.171. The van der Waals surface area contributed by atoms with Crippen molar-refractivity contribution in [3.63, 3.8) is 0 Å². The van der Waals surface area contributed by atoms with Crippen LogP contribution in [0.2, 0.25) is 0 Å². The van der Waals surface area contributed by atoms with Gasteiger partial charge in [0.1, 0.15) is 16.0 Å². The van der Waals surface area contributed by atoms with E-state index >= 15 is 0 Å². The van der Waals surface area contributed by atoms with Crippen LogP contribution in [0.4, 0.5) is 5.69 Å². The van der Waals surface area contributed by atoms with Crippen LogP contribution in [0.5, 0.6) is 17.2 Å². The molecule has 0 aromatic heterocycles. The van der Waals surface area contributed by atoms with Crippen molar-refractivity contribution < 1.29 is 24.3 Å². The molecule has 9 heteroatoms. The molecule has 0 radical (unpaired) electrons. The molecule has 0 atom stereocenters. The molecule has 0 fully saturated rings. The van der Waals surface area contributed by atoms with Gasteiger partial charge >= 0.3 is 0 Å². The van der Waals surface area contributed by atoms with Gasteiger partial charge in [-0.1, -0.05) is 6.07 Å². The van der Waals surface area contributed by atoms with Gasteiger partial charge < -0.3 is 19.9 Å². The van der Waals surface area contributed by atoms with Crippen molar-refractivity contribution in [2.45, 2.75) is 6.54 Å².